The predicted octanol–water partition coefficient (Wildman–Crippen LogP) is 1.05. The summed E-state index contributed by atoms with van der Waals surface area (Å²) in [5.74, 6) is -1.50. The van der Waals surface area contributed by atoms with Crippen molar-refractivity contribution in [3.63, 3.8) is 0 Å². The molecule has 1 saturated heterocycles. The Hall–Kier alpha value is -0.720. The number of nitrogens with one attached hydrogen (secondary N) is 2. The topological polar surface area (TPSA) is 98.7 Å². The van der Waals surface area contributed by atoms with Gasteiger partial charge < -0.3 is 20.4 Å². The highest BCUT2D eigenvalue weighted by Crippen LogP contribution is 2.42. The van der Waals surface area contributed by atoms with E-state index < -0.39 is 13.4 Å². The minimum Gasteiger partial charge on any atom is -0.340 e. The van der Waals surface area contributed by atoms with Crippen LogP contribution < -0.4 is 10.6 Å². The van der Waals surface area contributed by atoms with Crippen LogP contribution in [0.2, 0.25) is 0 Å². The van der Waals surface area contributed by atoms with Crippen molar-refractivity contribution in [3.8, 4) is 0 Å². The molecule has 1 aliphatic rings. The lowest BCUT2D eigenvalue weighted by atomic mass is 10.0. The van der Waals surface area contributed by atoms with Gasteiger partial charge in [-0.3, -0.25) is 9.36 Å². The molecule has 0 saturated carbocycles. The van der Waals surface area contributed by atoms with Crippen LogP contribution in [-0.2, 0) is 15.8 Å². The molecule has 1 aromatic rings. The monoisotopic (exact) mass is 318 g/mol. The second kappa shape index (κ2) is 6.83. The van der Waals surface area contributed by atoms with Crippen LogP contribution in [0, 0.1) is 0 Å². The smallest absolute Gasteiger partial charge is 0.340 e. The van der Waals surface area contributed by atoms with Crippen LogP contribution in [0.1, 0.15) is 24.8 Å². The van der Waals surface area contributed by atoms with Gasteiger partial charge in [0.2, 0.25) is 5.91 Å². The maximum atomic E-state index is 11.9. The first-order chi connectivity index (χ1) is 9.47. The molecule has 4 N–H and O–H groups in total. The van der Waals surface area contributed by atoms with Crippen LogP contribution >= 0.6 is 18.9 Å². The average molecular weight is 318 g/mol. The summed E-state index contributed by atoms with van der Waals surface area (Å²) in [5.41, 5.74) is 0.855. The van der Waals surface area contributed by atoms with Crippen LogP contribution in [-0.4, -0.2) is 34.1 Å². The second-order valence-electron chi connectivity index (χ2n) is 4.97. The zero-order chi connectivity index (χ0) is 14.6. The summed E-state index contributed by atoms with van der Waals surface area (Å²) >= 11 is 1.49. The van der Waals surface area contributed by atoms with Gasteiger partial charge in [-0.25, -0.2) is 0 Å². The second-order valence-corrected chi connectivity index (χ2v) is 7.48. The molecule has 1 amide bonds. The van der Waals surface area contributed by atoms with Crippen LogP contribution in [0.5, 0.6) is 0 Å². The summed E-state index contributed by atoms with van der Waals surface area (Å²) in [6.07, 6.45) is 2.71. The molecule has 0 aliphatic carbocycles. The Bertz CT molecular complexity index is 482. The molecule has 8 heteroatoms. The van der Waals surface area contributed by atoms with E-state index in [0.717, 1.165) is 24.9 Å². The molecule has 20 heavy (non-hydrogen) atoms. The normalized spacial score (nSPS) is 21.4. The van der Waals surface area contributed by atoms with Gasteiger partial charge in [-0.05, 0) is 41.8 Å². The molecule has 1 aromatic heterocycles. The number of carbonyl (C=O) groups is 1. The maximum absolute atomic E-state index is 11.9. The van der Waals surface area contributed by atoms with Gasteiger partial charge in [0.25, 0.3) is 0 Å². The summed E-state index contributed by atoms with van der Waals surface area (Å²) in [5, 5.41) is 9.31. The van der Waals surface area contributed by atoms with E-state index in [1.807, 2.05) is 16.8 Å². The molecular weight excluding hydrogens is 299 g/mol. The van der Waals surface area contributed by atoms with Gasteiger partial charge >= 0.3 is 7.60 Å². The van der Waals surface area contributed by atoms with E-state index in [0.29, 0.717) is 6.42 Å². The van der Waals surface area contributed by atoms with Gasteiger partial charge in [0, 0.05) is 6.04 Å². The van der Waals surface area contributed by atoms with E-state index in [2.05, 4.69) is 10.6 Å². The van der Waals surface area contributed by atoms with Crippen LogP contribution in [0.15, 0.2) is 16.8 Å². The zero-order valence-electron chi connectivity index (χ0n) is 11.0. The highest BCUT2D eigenvalue weighted by atomic mass is 32.1. The molecule has 1 aliphatic heterocycles. The summed E-state index contributed by atoms with van der Waals surface area (Å²) in [7, 11) is -4.38. The van der Waals surface area contributed by atoms with Crippen molar-refractivity contribution < 1.29 is 19.1 Å². The van der Waals surface area contributed by atoms with Gasteiger partial charge in [-0.2, -0.15) is 11.3 Å². The van der Waals surface area contributed by atoms with E-state index in [-0.39, 0.29) is 18.4 Å². The third-order valence-corrected chi connectivity index (χ3v) is 5.29. The predicted molar refractivity (Wildman–Crippen MR) is 77.6 cm³/mol. The van der Waals surface area contributed by atoms with Crippen molar-refractivity contribution in [3.05, 3.63) is 22.4 Å². The number of hydrogen-bond acceptors (Lipinski definition) is 4. The largest absolute Gasteiger partial charge is 0.349 e. The molecule has 0 aromatic carbocycles. The van der Waals surface area contributed by atoms with E-state index in [9.17, 15) is 19.1 Å². The fraction of sp³-hybridized carbons (Fsp3) is 0.583. The van der Waals surface area contributed by atoms with Gasteiger partial charge in [0.05, 0.1) is 6.42 Å². The number of hydrogen-bond donors (Lipinski definition) is 4. The highest BCUT2D eigenvalue weighted by Gasteiger charge is 2.37. The molecule has 0 spiro atoms. The molecule has 0 bridgehead atoms. The minimum atomic E-state index is -4.38. The van der Waals surface area contributed by atoms with E-state index in [1.165, 1.54) is 11.3 Å². The quantitative estimate of drug-likeness (QED) is 0.608. The van der Waals surface area contributed by atoms with Crippen molar-refractivity contribution >= 4 is 24.8 Å². The van der Waals surface area contributed by atoms with Crippen molar-refractivity contribution in [2.75, 3.05) is 6.54 Å². The Labute approximate surface area is 121 Å². The summed E-state index contributed by atoms with van der Waals surface area (Å²) < 4.78 is 11.6. The van der Waals surface area contributed by atoms with E-state index in [1.54, 1.807) is 0 Å². The number of piperidine rings is 1. The summed E-state index contributed by atoms with van der Waals surface area (Å²) in [6.45, 7) is 0.724. The lowest BCUT2D eigenvalue weighted by Gasteiger charge is -2.32. The van der Waals surface area contributed by atoms with Crippen LogP contribution in [0.4, 0.5) is 0 Å². The molecule has 2 rings (SSSR count). The molecule has 0 radical (unpaired) electrons. The van der Waals surface area contributed by atoms with Gasteiger partial charge in [-0.1, -0.05) is 6.42 Å². The highest BCUT2D eigenvalue weighted by molar-refractivity contribution is 7.52. The third-order valence-electron chi connectivity index (χ3n) is 3.35. The summed E-state index contributed by atoms with van der Waals surface area (Å²) in [4.78, 5) is 30.9. The first-order valence-corrected chi connectivity index (χ1v) is 9.18. The Balaban J connectivity index is 2.00. The average Bonchev–Trinajstić information content (AvgIpc) is 2.88. The Kier molecular flexibility index (Phi) is 5.35. The summed E-state index contributed by atoms with van der Waals surface area (Å²) in [6, 6.07) is 1.46. The third kappa shape index (κ3) is 4.40. The number of amides is 1. The molecule has 2 unspecified atom stereocenters. The molecule has 2 heterocycles. The van der Waals surface area contributed by atoms with Crippen molar-refractivity contribution in [2.45, 2.75) is 37.5 Å². The Morgan fingerprint density at radius 1 is 1.55 bits per heavy atom. The van der Waals surface area contributed by atoms with Crippen LogP contribution in [0.25, 0.3) is 0 Å². The molecule has 112 valence electrons. The standard InChI is InChI=1S/C12H19N2O4PS/c15-11(7-9-4-6-20-8-9)14-12(19(16,17)18)10-3-1-2-5-13-10/h4,6,8,10,12-13H,1-3,5,7H2,(H,14,15)(H2,16,17,18). The Morgan fingerprint density at radius 3 is 2.90 bits per heavy atom. The number of thiophene rings is 1. The first kappa shape index (κ1) is 15.7. The zero-order valence-corrected chi connectivity index (χ0v) is 12.7. The number of rotatable bonds is 5. The lowest BCUT2D eigenvalue weighted by Crippen LogP contribution is -2.51. The van der Waals surface area contributed by atoms with Crippen molar-refractivity contribution in [1.82, 2.24) is 10.6 Å². The van der Waals surface area contributed by atoms with Gasteiger partial charge in [0.1, 0.15) is 5.78 Å². The fourth-order valence-electron chi connectivity index (χ4n) is 2.36. The molecule has 6 nitrogen and oxygen atoms in total. The lowest BCUT2D eigenvalue weighted by molar-refractivity contribution is -0.121. The first-order valence-electron chi connectivity index (χ1n) is 6.56. The molecule has 1 fully saturated rings. The number of carbonyl (C=O) groups excluding carboxylic acids is 1. The van der Waals surface area contributed by atoms with E-state index >= 15 is 0 Å². The fourth-order valence-corrected chi connectivity index (χ4v) is 4.07. The van der Waals surface area contributed by atoms with Crippen molar-refractivity contribution in [1.29, 1.82) is 0 Å². The molecule has 2 atom stereocenters. The SMILES string of the molecule is O=C(Cc1ccsc1)NC(C1CCCCN1)P(=O)(O)O. The van der Waals surface area contributed by atoms with Gasteiger partial charge in [0.15, 0.2) is 0 Å². The Morgan fingerprint density at radius 2 is 2.35 bits per heavy atom. The van der Waals surface area contributed by atoms with E-state index in [4.69, 9.17) is 0 Å². The van der Waals surface area contributed by atoms with Gasteiger partial charge in [-0.15, -0.1) is 0 Å². The van der Waals surface area contributed by atoms with Crippen molar-refractivity contribution in [2.24, 2.45) is 0 Å². The minimum absolute atomic E-state index is 0.146. The molecular formula is C12H19N2O4PS. The maximum Gasteiger partial charge on any atom is 0.349 e. The van der Waals surface area contributed by atoms with Crippen LogP contribution in [0.3, 0.4) is 0 Å².